The van der Waals surface area contributed by atoms with Gasteiger partial charge in [0.1, 0.15) is 0 Å². The van der Waals surface area contributed by atoms with Crippen molar-refractivity contribution in [3.63, 3.8) is 0 Å². The van der Waals surface area contributed by atoms with Crippen LogP contribution in [0.4, 0.5) is 0 Å². The maximum atomic E-state index is 10.5. The maximum absolute atomic E-state index is 10.5. The van der Waals surface area contributed by atoms with E-state index in [1.54, 1.807) is 0 Å². The van der Waals surface area contributed by atoms with Gasteiger partial charge in [0.25, 0.3) is 0 Å². The first-order chi connectivity index (χ1) is 7.63. The first-order valence-electron chi connectivity index (χ1n) is 3.55. The molecular formula is C8H6O6V2. The van der Waals surface area contributed by atoms with Crippen LogP contribution in [0.2, 0.25) is 0 Å². The number of rotatable bonds is 2. The topological polar surface area (TPSA) is 109 Å². The molecule has 6 nitrogen and oxygen atoms in total. The fourth-order valence-corrected chi connectivity index (χ4v) is 0.856. The zero-order valence-corrected chi connectivity index (χ0v) is 10.5. The molecule has 1 rings (SSSR count). The molecular weight excluding hydrogens is 294 g/mol. The second-order valence-electron chi connectivity index (χ2n) is 2.16. The number of hydrogen-bond acceptors (Lipinski definition) is 4. The summed E-state index contributed by atoms with van der Waals surface area (Å²) >= 11 is 2.12. The van der Waals surface area contributed by atoms with Gasteiger partial charge in [-0.05, 0) is 12.1 Å². The Balaban J connectivity index is 0. The number of carboxylic acid groups (broad SMARTS) is 2. The molecule has 0 atom stereocenters. The van der Waals surface area contributed by atoms with Gasteiger partial charge in [-0.2, -0.15) is 0 Å². The van der Waals surface area contributed by atoms with Crippen LogP contribution in [-0.2, 0) is 42.1 Å². The van der Waals surface area contributed by atoms with Crippen molar-refractivity contribution in [3.05, 3.63) is 35.4 Å². The molecule has 0 spiro atoms. The molecule has 0 saturated heterocycles. The van der Waals surface area contributed by atoms with E-state index < -0.39 is 11.9 Å². The van der Waals surface area contributed by atoms with Gasteiger partial charge in [-0.25, -0.2) is 9.59 Å². The average Bonchev–Trinajstić information content (AvgIpc) is 2.34. The summed E-state index contributed by atoms with van der Waals surface area (Å²) in [6, 6.07) is 5.48. The Labute approximate surface area is 109 Å². The standard InChI is InChI=1S/C8H6O4.2O.2V/c9-7(10)5-3-1-2-4-6(5)8(11)12;;;;/h1-4H,(H,9,10)(H,11,12);;;;. The summed E-state index contributed by atoms with van der Waals surface area (Å²) in [6.45, 7) is 0. The summed E-state index contributed by atoms with van der Waals surface area (Å²) in [5.74, 6) is -2.46. The SMILES string of the molecule is O=C(O)c1ccccc1C(=O)O.[O]=[V].[O]=[V]. The molecule has 0 aliphatic carbocycles. The van der Waals surface area contributed by atoms with Crippen LogP contribution in [0, 0.1) is 0 Å². The molecule has 0 radical (unpaired) electrons. The van der Waals surface area contributed by atoms with E-state index in [0.29, 0.717) is 0 Å². The Bertz CT molecular complexity index is 332. The van der Waals surface area contributed by atoms with Gasteiger partial charge in [0.2, 0.25) is 0 Å². The number of carboxylic acids is 2. The van der Waals surface area contributed by atoms with Crippen molar-refractivity contribution in [3.8, 4) is 0 Å². The van der Waals surface area contributed by atoms with Crippen LogP contribution in [0.15, 0.2) is 24.3 Å². The molecule has 0 aliphatic heterocycles. The Morgan fingerprint density at radius 2 is 1.06 bits per heavy atom. The molecule has 1 aromatic carbocycles. The molecule has 0 amide bonds. The molecule has 84 valence electrons. The zero-order valence-electron chi connectivity index (χ0n) is 7.73. The van der Waals surface area contributed by atoms with Gasteiger partial charge in [-0.3, -0.25) is 0 Å². The zero-order chi connectivity index (χ0) is 13.1. The predicted molar refractivity (Wildman–Crippen MR) is 41.7 cm³/mol. The van der Waals surface area contributed by atoms with Gasteiger partial charge in [-0.1, -0.05) is 12.1 Å². The third-order valence-electron chi connectivity index (χ3n) is 1.39. The third kappa shape index (κ3) is 5.72. The van der Waals surface area contributed by atoms with Crippen molar-refractivity contribution in [1.82, 2.24) is 0 Å². The average molecular weight is 300 g/mol. The van der Waals surface area contributed by atoms with Crippen LogP contribution in [0.5, 0.6) is 0 Å². The molecule has 2 N–H and O–H groups in total. The van der Waals surface area contributed by atoms with Gasteiger partial charge < -0.3 is 10.2 Å². The van der Waals surface area contributed by atoms with Crippen LogP contribution < -0.4 is 0 Å². The summed E-state index contributed by atoms with van der Waals surface area (Å²) in [5.41, 5.74) is -0.380. The number of carbonyl (C=O) groups is 2. The van der Waals surface area contributed by atoms with E-state index in [-0.39, 0.29) is 11.1 Å². The predicted octanol–water partition coefficient (Wildman–Crippen LogP) is 0.840. The van der Waals surface area contributed by atoms with Crippen molar-refractivity contribution < 1.29 is 61.9 Å². The number of benzene rings is 1. The van der Waals surface area contributed by atoms with E-state index in [1.165, 1.54) is 24.3 Å². The van der Waals surface area contributed by atoms with Crippen LogP contribution in [0.1, 0.15) is 20.7 Å². The van der Waals surface area contributed by atoms with E-state index in [9.17, 15) is 9.59 Å². The molecule has 0 aromatic heterocycles. The minimum absolute atomic E-state index is 0.190. The fourth-order valence-electron chi connectivity index (χ4n) is 0.856. The Hall–Kier alpha value is -1.07. The van der Waals surface area contributed by atoms with Gasteiger partial charge in [0.05, 0.1) is 11.1 Å². The molecule has 0 fully saturated rings. The van der Waals surface area contributed by atoms with Crippen molar-refractivity contribution in [2.24, 2.45) is 0 Å². The number of aromatic carboxylic acids is 2. The quantitative estimate of drug-likeness (QED) is 0.837. The van der Waals surface area contributed by atoms with Crippen molar-refractivity contribution >= 4 is 11.9 Å². The molecule has 8 heteroatoms. The van der Waals surface area contributed by atoms with Crippen LogP contribution >= 0.6 is 0 Å². The molecule has 1 aromatic rings. The van der Waals surface area contributed by atoms with E-state index >= 15 is 0 Å². The van der Waals surface area contributed by atoms with Crippen molar-refractivity contribution in [2.45, 2.75) is 0 Å². The Morgan fingerprint density at radius 1 is 0.812 bits per heavy atom. The summed E-state index contributed by atoms with van der Waals surface area (Å²) in [5, 5.41) is 17.1. The van der Waals surface area contributed by atoms with Crippen LogP contribution in [0.25, 0.3) is 0 Å². The molecule has 0 heterocycles. The Morgan fingerprint density at radius 3 is 1.25 bits per heavy atom. The monoisotopic (exact) mass is 300 g/mol. The third-order valence-corrected chi connectivity index (χ3v) is 1.39. The van der Waals surface area contributed by atoms with Gasteiger partial charge >= 0.3 is 54.0 Å². The van der Waals surface area contributed by atoms with E-state index in [2.05, 4.69) is 0 Å². The summed E-state index contributed by atoms with van der Waals surface area (Å²) < 4.78 is 16.4. The van der Waals surface area contributed by atoms with Gasteiger partial charge in [0.15, 0.2) is 0 Å². The summed E-state index contributed by atoms with van der Waals surface area (Å²) in [4.78, 5) is 20.9. The molecule has 0 bridgehead atoms. The molecule has 16 heavy (non-hydrogen) atoms. The van der Waals surface area contributed by atoms with E-state index in [0.717, 1.165) is 34.7 Å². The normalized spacial score (nSPS) is 7.38. The van der Waals surface area contributed by atoms with Gasteiger partial charge in [-0.15, -0.1) is 0 Å². The second kappa shape index (κ2) is 10.4. The van der Waals surface area contributed by atoms with E-state index in [4.69, 9.17) is 17.6 Å². The summed E-state index contributed by atoms with van der Waals surface area (Å²) in [7, 11) is 0. The van der Waals surface area contributed by atoms with Crippen LogP contribution in [-0.4, -0.2) is 22.2 Å². The van der Waals surface area contributed by atoms with Crippen molar-refractivity contribution in [2.75, 3.05) is 0 Å². The second-order valence-corrected chi connectivity index (χ2v) is 2.16. The van der Waals surface area contributed by atoms with Crippen LogP contribution in [0.3, 0.4) is 0 Å². The van der Waals surface area contributed by atoms with Crippen molar-refractivity contribution in [1.29, 1.82) is 0 Å². The Kier molecular flexibility index (Phi) is 11.3. The first-order valence-corrected chi connectivity index (χ1v) is 4.69. The number of hydrogen-bond donors (Lipinski definition) is 2. The van der Waals surface area contributed by atoms with Gasteiger partial charge in [0, 0.05) is 0 Å². The molecule has 0 aliphatic rings. The molecule has 0 saturated carbocycles. The summed E-state index contributed by atoms with van der Waals surface area (Å²) in [6.07, 6.45) is 0. The first kappa shape index (κ1) is 17.3. The fraction of sp³-hybridized carbons (Fsp3) is 0. The molecule has 0 unspecified atom stereocenters. The van der Waals surface area contributed by atoms with E-state index in [1.807, 2.05) is 0 Å². The minimum atomic E-state index is -1.23.